The van der Waals surface area contributed by atoms with Crippen LogP contribution in [0.1, 0.15) is 78.8 Å². The summed E-state index contributed by atoms with van der Waals surface area (Å²) in [4.78, 5) is 30.6. The summed E-state index contributed by atoms with van der Waals surface area (Å²) in [5, 5.41) is 15.2. The average Bonchev–Trinajstić information content (AvgIpc) is 3.51. The zero-order chi connectivity index (χ0) is 35.4. The summed E-state index contributed by atoms with van der Waals surface area (Å²) in [6.45, 7) is -6.00. The van der Waals surface area contributed by atoms with E-state index < -0.39 is 67.6 Å². The van der Waals surface area contributed by atoms with Crippen LogP contribution in [0.2, 0.25) is 0 Å². The van der Waals surface area contributed by atoms with Crippen molar-refractivity contribution >= 4 is 17.6 Å². The summed E-state index contributed by atoms with van der Waals surface area (Å²) in [6, 6.07) is -2.89. The largest absolute Gasteiger partial charge is 0.477 e. The van der Waals surface area contributed by atoms with E-state index in [-0.39, 0.29) is 45.9 Å². The molecule has 3 aromatic rings. The van der Waals surface area contributed by atoms with Gasteiger partial charge >= 0.3 is 12.2 Å². The number of amides is 3. The lowest BCUT2D eigenvalue weighted by Gasteiger charge is -2.38. The van der Waals surface area contributed by atoms with Gasteiger partial charge in [-0.25, -0.2) is 27.7 Å². The van der Waals surface area contributed by atoms with Gasteiger partial charge in [0.05, 0.1) is 73.9 Å². The molecular weight excluding hydrogens is 599 g/mol. The fourth-order valence-corrected chi connectivity index (χ4v) is 4.30. The number of carbonyl (C=O) groups excluding carboxylic acids is 2. The molecular formula is C26H31F5N8O5. The van der Waals surface area contributed by atoms with Gasteiger partial charge in [-0.3, -0.25) is 4.79 Å². The van der Waals surface area contributed by atoms with Gasteiger partial charge in [-0.15, -0.1) is 0 Å². The van der Waals surface area contributed by atoms with E-state index in [9.17, 15) is 22.8 Å². The minimum absolute atomic E-state index is 0.00555. The molecule has 44 heavy (non-hydrogen) atoms. The molecule has 0 radical (unpaired) electrons. The molecule has 0 aromatic carbocycles. The van der Waals surface area contributed by atoms with Crippen LogP contribution >= 0.6 is 0 Å². The fraction of sp³-hybridized carbons (Fsp3) is 0.615. The maximum atomic E-state index is 15.1. The van der Waals surface area contributed by atoms with E-state index >= 15 is 8.78 Å². The van der Waals surface area contributed by atoms with Gasteiger partial charge in [0.25, 0.3) is 17.7 Å². The van der Waals surface area contributed by atoms with Crippen LogP contribution in [0.4, 0.5) is 26.7 Å². The number of urea groups is 1. The molecule has 13 nitrogen and oxygen atoms in total. The van der Waals surface area contributed by atoms with E-state index in [1.165, 1.54) is 29.2 Å². The first kappa shape index (κ1) is 26.3. The topological polar surface area (TPSA) is 149 Å². The monoisotopic (exact) mass is 634 g/mol. The number of methoxy groups -OCH3 is 1. The van der Waals surface area contributed by atoms with Crippen LogP contribution in [0.5, 0.6) is 5.88 Å². The maximum Gasteiger partial charge on any atom is 0.393 e. The van der Waals surface area contributed by atoms with E-state index in [1.807, 2.05) is 0 Å². The Hall–Kier alpha value is -4.09. The van der Waals surface area contributed by atoms with Crippen LogP contribution in [-0.2, 0) is 4.74 Å². The number of halogens is 5. The lowest BCUT2D eigenvalue weighted by atomic mass is 9.85. The van der Waals surface area contributed by atoms with Crippen molar-refractivity contribution in [3.05, 3.63) is 35.4 Å². The minimum Gasteiger partial charge on any atom is -0.477 e. The SMILES string of the molecule is [2H]C1([2H])NC(=O)N([C@H](COC2CC2)c2cnn3cc([C@H](CCC(C)(C)C(F)(F)F)NC(=O)c4nonc4OC)nc3c2)C([2H])([2H])C1(F)F. The number of ether oxygens (including phenoxy) is 2. The molecule has 2 fully saturated rings. The molecule has 1 saturated carbocycles. The van der Waals surface area contributed by atoms with Gasteiger partial charge in [-0.2, -0.15) is 18.3 Å². The van der Waals surface area contributed by atoms with Crippen molar-refractivity contribution in [1.82, 2.24) is 40.4 Å². The minimum atomic E-state index is -4.71. The number of rotatable bonds is 12. The Morgan fingerprint density at radius 1 is 1.32 bits per heavy atom. The number of hydrogen-bond donors (Lipinski definition) is 2. The summed E-state index contributed by atoms with van der Waals surface area (Å²) in [6.07, 6.45) is -1.80. The summed E-state index contributed by atoms with van der Waals surface area (Å²) < 4.78 is 119. The van der Waals surface area contributed by atoms with Gasteiger partial charge in [-0.05, 0) is 42.1 Å². The number of hydrogen-bond acceptors (Lipinski definition) is 9. The number of nitrogens with one attached hydrogen (secondary N) is 2. The van der Waals surface area contributed by atoms with Crippen LogP contribution in [0.3, 0.4) is 0 Å². The number of carbonyl (C=O) groups is 2. The molecule has 2 aliphatic rings. The third kappa shape index (κ3) is 6.84. The van der Waals surface area contributed by atoms with Crippen molar-refractivity contribution in [3.63, 3.8) is 0 Å². The highest BCUT2D eigenvalue weighted by Gasteiger charge is 2.47. The third-order valence-electron chi connectivity index (χ3n) is 7.23. The van der Waals surface area contributed by atoms with E-state index in [0.717, 1.165) is 20.0 Å². The molecule has 3 aromatic heterocycles. The second-order valence-corrected chi connectivity index (χ2v) is 11.0. The average molecular weight is 635 g/mol. The first-order chi connectivity index (χ1) is 22.2. The lowest BCUT2D eigenvalue weighted by molar-refractivity contribution is -0.214. The Kier molecular flexibility index (Phi) is 7.05. The summed E-state index contributed by atoms with van der Waals surface area (Å²) in [7, 11) is 1.20. The molecule has 5 rings (SSSR count). The zero-order valence-corrected chi connectivity index (χ0v) is 23.6. The smallest absolute Gasteiger partial charge is 0.393 e. The van der Waals surface area contributed by atoms with E-state index in [2.05, 4.69) is 30.3 Å². The first-order valence-corrected chi connectivity index (χ1v) is 13.4. The number of aromatic nitrogens is 5. The van der Waals surface area contributed by atoms with Crippen molar-refractivity contribution in [1.29, 1.82) is 0 Å². The van der Waals surface area contributed by atoms with Gasteiger partial charge in [0.2, 0.25) is 5.69 Å². The number of nitrogens with zero attached hydrogens (tertiary/aromatic N) is 6. The van der Waals surface area contributed by atoms with Crippen LogP contribution < -0.4 is 15.4 Å². The van der Waals surface area contributed by atoms with Crippen molar-refractivity contribution in [2.45, 2.75) is 69.8 Å². The highest BCUT2D eigenvalue weighted by Crippen LogP contribution is 2.42. The molecule has 240 valence electrons. The molecule has 0 spiro atoms. The quantitative estimate of drug-likeness (QED) is 0.284. The molecule has 18 heteroatoms. The Bertz CT molecular complexity index is 1680. The van der Waals surface area contributed by atoms with Crippen molar-refractivity contribution in [2.75, 3.05) is 26.7 Å². The van der Waals surface area contributed by atoms with Gasteiger partial charge in [0, 0.05) is 5.56 Å². The molecule has 1 saturated heterocycles. The lowest BCUT2D eigenvalue weighted by Crippen LogP contribution is -2.58. The van der Waals surface area contributed by atoms with Crippen LogP contribution in [-0.4, -0.2) is 86.7 Å². The molecule has 2 atom stereocenters. The second-order valence-electron chi connectivity index (χ2n) is 11.0. The van der Waals surface area contributed by atoms with Gasteiger partial charge < -0.3 is 25.0 Å². The molecule has 4 heterocycles. The van der Waals surface area contributed by atoms with Crippen LogP contribution in [0.15, 0.2) is 23.1 Å². The van der Waals surface area contributed by atoms with Crippen LogP contribution in [0, 0.1) is 5.41 Å². The third-order valence-corrected chi connectivity index (χ3v) is 7.23. The zero-order valence-electron chi connectivity index (χ0n) is 27.6. The Labute approximate surface area is 253 Å². The van der Waals surface area contributed by atoms with Crippen molar-refractivity contribution < 1.29 is 51.1 Å². The number of fused-ring (bicyclic) bond motifs is 1. The van der Waals surface area contributed by atoms with Gasteiger partial charge in [0.15, 0.2) is 5.65 Å². The van der Waals surface area contributed by atoms with Gasteiger partial charge in [0.1, 0.15) is 0 Å². The van der Waals surface area contributed by atoms with Crippen molar-refractivity contribution in [2.24, 2.45) is 5.41 Å². The van der Waals surface area contributed by atoms with E-state index in [0.29, 0.717) is 12.8 Å². The first-order valence-electron chi connectivity index (χ1n) is 15.4. The molecule has 1 aliphatic heterocycles. The van der Waals surface area contributed by atoms with Crippen LogP contribution in [0.25, 0.3) is 5.65 Å². The summed E-state index contributed by atoms with van der Waals surface area (Å²) >= 11 is 0. The fourth-order valence-electron chi connectivity index (χ4n) is 4.30. The van der Waals surface area contributed by atoms with Crippen molar-refractivity contribution in [3.8, 4) is 5.88 Å². The predicted molar refractivity (Wildman–Crippen MR) is 140 cm³/mol. The molecule has 0 unspecified atom stereocenters. The second kappa shape index (κ2) is 11.8. The molecule has 0 bridgehead atoms. The standard InChI is InChI=1S/C26H31F5N8O5/c1-24(2,26(29,30)31)7-6-16(35-21(40)20-22(42-3)37-44-36-20)17-10-39-19(34-17)8-14(9-33-39)18(11-43-15-4-5-15)38-13-25(27,28)12-32-23(38)41/h8-10,15-16,18H,4-7,11-13H2,1-3H3,(H,32,41)(H,35,40)/t16-,18+/m0/s1/i12D2,13D2. The summed E-state index contributed by atoms with van der Waals surface area (Å²) in [5.74, 6) is -5.88. The van der Waals surface area contributed by atoms with E-state index in [4.69, 9.17) is 15.0 Å². The van der Waals surface area contributed by atoms with E-state index in [1.54, 1.807) is 0 Å². The number of alkyl halides is 5. The molecule has 1 aliphatic carbocycles. The highest BCUT2D eigenvalue weighted by molar-refractivity contribution is 5.94. The van der Waals surface area contributed by atoms with Gasteiger partial charge in [-0.1, -0.05) is 13.8 Å². The Morgan fingerprint density at radius 2 is 2.07 bits per heavy atom. The normalized spacial score (nSPS) is 22.3. The summed E-state index contributed by atoms with van der Waals surface area (Å²) in [5.41, 5.74) is -2.52. The molecule has 3 amide bonds. The Balaban J connectivity index is 1.51. The highest BCUT2D eigenvalue weighted by atomic mass is 19.4. The molecule has 2 N–H and O–H groups in total. The number of imidazole rings is 1. The predicted octanol–water partition coefficient (Wildman–Crippen LogP) is 3.84. The maximum absolute atomic E-state index is 15.1. The Morgan fingerprint density at radius 3 is 2.75 bits per heavy atom.